The molecule has 6 nitrogen and oxygen atoms in total. The number of benzene rings is 3. The van der Waals surface area contributed by atoms with Gasteiger partial charge in [-0.15, -0.1) is 0 Å². The average molecular weight is 341 g/mol. The molecule has 1 N–H and O–H groups in total. The van der Waals surface area contributed by atoms with Gasteiger partial charge in [-0.3, -0.25) is 0 Å². The predicted octanol–water partition coefficient (Wildman–Crippen LogP) is 2.25. The summed E-state index contributed by atoms with van der Waals surface area (Å²) in [6.45, 7) is 0.562. The molecule has 3 aromatic carbocycles. The minimum atomic E-state index is 0.0966. The van der Waals surface area contributed by atoms with Crippen LogP contribution in [-0.2, 0) is 6.54 Å². The van der Waals surface area contributed by atoms with Crippen LogP contribution in [0.5, 0.6) is 23.0 Å². The van der Waals surface area contributed by atoms with Gasteiger partial charge in [0.15, 0.2) is 23.0 Å². The summed E-state index contributed by atoms with van der Waals surface area (Å²) in [4.78, 5) is 0. The molecule has 130 valence electrons. The van der Waals surface area contributed by atoms with E-state index in [0.717, 1.165) is 32.9 Å². The third-order valence-electron chi connectivity index (χ3n) is 4.48. The third kappa shape index (κ3) is 2.50. The summed E-state index contributed by atoms with van der Waals surface area (Å²) in [5.74, 6) is 2.70. The zero-order chi connectivity index (χ0) is 17.6. The second-order valence-electron chi connectivity index (χ2n) is 6.06. The monoisotopic (exact) mass is 341 g/mol. The van der Waals surface area contributed by atoms with Gasteiger partial charge >= 0.3 is 0 Å². The maximum atomic E-state index is 11.7. The van der Waals surface area contributed by atoms with Gasteiger partial charge in [-0.05, 0) is 34.4 Å². The van der Waals surface area contributed by atoms with Crippen molar-refractivity contribution in [2.75, 3.05) is 28.1 Å². The molecule has 1 unspecified atom stereocenters. The van der Waals surface area contributed by atoms with Crippen molar-refractivity contribution in [2.45, 2.75) is 6.54 Å². The van der Waals surface area contributed by atoms with Gasteiger partial charge in [0.05, 0.1) is 21.3 Å². The van der Waals surface area contributed by atoms with Crippen LogP contribution in [0.3, 0.4) is 0 Å². The number of fused-ring (bicyclic) bond motifs is 4. The topological polar surface area (TPSA) is 64.4 Å². The van der Waals surface area contributed by atoms with Gasteiger partial charge in [-0.25, -0.2) is 0 Å². The SMILES string of the molecule is COc1cc(C[NH+](C)[O-])c2ccc3cc4c(cc3c2c1OC)OCO4. The van der Waals surface area contributed by atoms with Crippen molar-refractivity contribution >= 4 is 21.5 Å². The Morgan fingerprint density at radius 3 is 2.48 bits per heavy atom. The number of nitrogens with one attached hydrogen (secondary N) is 1. The fourth-order valence-corrected chi connectivity index (χ4v) is 3.42. The molecule has 1 atom stereocenters. The van der Waals surface area contributed by atoms with Crippen LogP contribution >= 0.6 is 0 Å². The van der Waals surface area contributed by atoms with E-state index in [4.69, 9.17) is 18.9 Å². The minimum Gasteiger partial charge on any atom is -0.634 e. The van der Waals surface area contributed by atoms with E-state index >= 15 is 0 Å². The molecular formula is C19H19NO5. The lowest BCUT2D eigenvalue weighted by Gasteiger charge is -2.20. The van der Waals surface area contributed by atoms with Crippen molar-refractivity contribution in [1.29, 1.82) is 0 Å². The maximum Gasteiger partial charge on any atom is 0.231 e. The van der Waals surface area contributed by atoms with Gasteiger partial charge in [0.25, 0.3) is 0 Å². The van der Waals surface area contributed by atoms with Crippen LogP contribution in [0.25, 0.3) is 21.5 Å². The summed E-state index contributed by atoms with van der Waals surface area (Å²) in [5, 5.41) is 15.7. The largest absolute Gasteiger partial charge is 0.634 e. The lowest BCUT2D eigenvalue weighted by atomic mass is 9.96. The minimum absolute atomic E-state index is 0.0966. The Bertz CT molecular complexity index is 967. The van der Waals surface area contributed by atoms with Crippen molar-refractivity contribution in [3.05, 3.63) is 41.1 Å². The number of hydrogen-bond donors (Lipinski definition) is 1. The van der Waals surface area contributed by atoms with Crippen molar-refractivity contribution in [1.82, 2.24) is 0 Å². The van der Waals surface area contributed by atoms with Crippen LogP contribution in [0.15, 0.2) is 30.3 Å². The predicted molar refractivity (Wildman–Crippen MR) is 94.6 cm³/mol. The highest BCUT2D eigenvalue weighted by atomic mass is 16.7. The fourth-order valence-electron chi connectivity index (χ4n) is 3.42. The van der Waals surface area contributed by atoms with Crippen molar-refractivity contribution in [2.24, 2.45) is 0 Å². The smallest absolute Gasteiger partial charge is 0.231 e. The van der Waals surface area contributed by atoms with Crippen molar-refractivity contribution in [3.63, 3.8) is 0 Å². The Hall–Kier alpha value is -2.70. The number of methoxy groups -OCH3 is 2. The van der Waals surface area contributed by atoms with Crippen LogP contribution in [0, 0.1) is 5.21 Å². The molecule has 4 rings (SSSR count). The van der Waals surface area contributed by atoms with Crippen molar-refractivity contribution in [3.8, 4) is 23.0 Å². The Morgan fingerprint density at radius 1 is 1.04 bits per heavy atom. The highest BCUT2D eigenvalue weighted by Gasteiger charge is 2.20. The molecule has 1 heterocycles. The number of hydrogen-bond acceptors (Lipinski definition) is 5. The molecule has 0 aliphatic carbocycles. The molecule has 0 fully saturated rings. The van der Waals surface area contributed by atoms with Crippen LogP contribution in [-0.4, -0.2) is 28.1 Å². The second-order valence-corrected chi connectivity index (χ2v) is 6.06. The van der Waals surface area contributed by atoms with Gasteiger partial charge in [-0.2, -0.15) is 0 Å². The first-order valence-corrected chi connectivity index (χ1v) is 8.01. The Balaban J connectivity index is 2.12. The molecule has 1 aliphatic rings. The van der Waals surface area contributed by atoms with E-state index in [1.54, 1.807) is 21.3 Å². The highest BCUT2D eigenvalue weighted by Crippen LogP contribution is 2.45. The summed E-state index contributed by atoms with van der Waals surface area (Å²) in [6.07, 6.45) is 0. The number of ether oxygens (including phenoxy) is 4. The molecule has 1 aliphatic heterocycles. The van der Waals surface area contributed by atoms with E-state index in [1.165, 1.54) is 0 Å². The van der Waals surface area contributed by atoms with Gasteiger partial charge in [-0.1, -0.05) is 12.1 Å². The molecule has 0 aromatic heterocycles. The number of rotatable bonds is 4. The first-order chi connectivity index (χ1) is 12.1. The van der Waals surface area contributed by atoms with E-state index < -0.39 is 0 Å². The van der Waals surface area contributed by atoms with Crippen LogP contribution in [0.1, 0.15) is 5.56 Å². The highest BCUT2D eigenvalue weighted by molar-refractivity contribution is 6.13. The average Bonchev–Trinajstić information content (AvgIpc) is 3.06. The summed E-state index contributed by atoms with van der Waals surface area (Å²) < 4.78 is 22.2. The fraction of sp³-hybridized carbons (Fsp3) is 0.263. The molecule has 0 saturated carbocycles. The molecular weight excluding hydrogens is 322 g/mol. The Morgan fingerprint density at radius 2 is 1.80 bits per heavy atom. The molecule has 0 bridgehead atoms. The third-order valence-corrected chi connectivity index (χ3v) is 4.48. The molecule has 6 heteroatoms. The Labute approximate surface area is 145 Å². The van der Waals surface area contributed by atoms with E-state index in [1.807, 2.05) is 30.3 Å². The van der Waals surface area contributed by atoms with Gasteiger partial charge in [0, 0.05) is 10.9 Å². The molecule has 0 radical (unpaired) electrons. The maximum absolute atomic E-state index is 11.7. The van der Waals surface area contributed by atoms with Crippen LogP contribution in [0.4, 0.5) is 0 Å². The lowest BCUT2D eigenvalue weighted by Crippen LogP contribution is -3.02. The van der Waals surface area contributed by atoms with Gasteiger partial charge in [0.1, 0.15) is 6.54 Å². The van der Waals surface area contributed by atoms with E-state index in [2.05, 4.69) is 0 Å². The first-order valence-electron chi connectivity index (χ1n) is 8.01. The van der Waals surface area contributed by atoms with Gasteiger partial charge < -0.3 is 29.2 Å². The molecule has 0 saturated heterocycles. The summed E-state index contributed by atoms with van der Waals surface area (Å²) in [7, 11) is 4.80. The zero-order valence-electron chi connectivity index (χ0n) is 14.3. The number of quaternary nitrogens is 1. The normalized spacial score (nSPS) is 14.1. The zero-order valence-corrected chi connectivity index (χ0v) is 14.3. The standard InChI is InChI=1S/C19H19NO5/c1-20(21)9-12-7-17(22-2)19(23-3)18-13(12)5-4-11-6-15-16(8-14(11)18)25-10-24-15/h4-8,20H,9-10H2,1-3H3. The van der Waals surface area contributed by atoms with Gasteiger partial charge in [0.2, 0.25) is 6.79 Å². The first kappa shape index (κ1) is 15.8. The summed E-state index contributed by atoms with van der Waals surface area (Å²) in [5.41, 5.74) is 0.916. The van der Waals surface area contributed by atoms with Crippen molar-refractivity contribution < 1.29 is 24.0 Å². The Kier molecular flexibility index (Phi) is 3.78. The van der Waals surface area contributed by atoms with Crippen LogP contribution in [0.2, 0.25) is 0 Å². The quantitative estimate of drug-likeness (QED) is 0.582. The van der Waals surface area contributed by atoms with E-state index in [9.17, 15) is 5.21 Å². The number of hydroxylamine groups is 2. The van der Waals surface area contributed by atoms with Crippen LogP contribution < -0.4 is 24.0 Å². The summed E-state index contributed by atoms with van der Waals surface area (Å²) >= 11 is 0. The van der Waals surface area contributed by atoms with E-state index in [0.29, 0.717) is 23.8 Å². The lowest BCUT2D eigenvalue weighted by molar-refractivity contribution is -0.840. The second kappa shape index (κ2) is 5.98. The molecule has 0 spiro atoms. The van der Waals surface area contributed by atoms with E-state index in [-0.39, 0.29) is 11.9 Å². The molecule has 3 aromatic rings. The molecule has 25 heavy (non-hydrogen) atoms. The summed E-state index contributed by atoms with van der Waals surface area (Å²) in [6, 6.07) is 9.83. The molecule has 0 amide bonds.